The number of ketones is 1. The molecule has 2 rings (SSSR count). The normalized spacial score (nSPS) is 18.9. The van der Waals surface area contributed by atoms with Crippen LogP contribution in [-0.2, 0) is 16.0 Å². The van der Waals surface area contributed by atoms with Gasteiger partial charge in [-0.05, 0) is 37.5 Å². The third-order valence-corrected chi connectivity index (χ3v) is 3.09. The van der Waals surface area contributed by atoms with Gasteiger partial charge in [0.1, 0.15) is 11.9 Å². The van der Waals surface area contributed by atoms with Crippen molar-refractivity contribution in [3.8, 4) is 11.5 Å². The van der Waals surface area contributed by atoms with E-state index in [0.717, 1.165) is 25.0 Å². The quantitative estimate of drug-likeness (QED) is 0.819. The predicted molar refractivity (Wildman–Crippen MR) is 71.8 cm³/mol. The fourth-order valence-electron chi connectivity index (χ4n) is 2.19. The summed E-state index contributed by atoms with van der Waals surface area (Å²) in [5, 5.41) is 0. The first kappa shape index (κ1) is 13.9. The number of carbonyl (C=O) groups excluding carboxylic acids is 1. The van der Waals surface area contributed by atoms with Crippen molar-refractivity contribution in [2.45, 2.75) is 32.3 Å². The molecular formula is C15H20O4. The fourth-order valence-corrected chi connectivity index (χ4v) is 2.19. The number of carbonyl (C=O) groups is 1. The molecule has 0 saturated carbocycles. The molecule has 4 heteroatoms. The summed E-state index contributed by atoms with van der Waals surface area (Å²) in [4.78, 5) is 11.1. The Hall–Kier alpha value is -1.55. The van der Waals surface area contributed by atoms with Crippen LogP contribution in [0.3, 0.4) is 0 Å². The lowest BCUT2D eigenvalue weighted by Crippen LogP contribution is -2.28. The monoisotopic (exact) mass is 264 g/mol. The molecule has 1 unspecified atom stereocenters. The van der Waals surface area contributed by atoms with Gasteiger partial charge in [-0.15, -0.1) is 0 Å². The fraction of sp³-hybridized carbons (Fsp3) is 0.533. The number of hydrogen-bond donors (Lipinski definition) is 0. The van der Waals surface area contributed by atoms with E-state index < -0.39 is 0 Å². The van der Waals surface area contributed by atoms with E-state index in [0.29, 0.717) is 24.5 Å². The molecule has 1 aliphatic rings. The summed E-state index contributed by atoms with van der Waals surface area (Å²) in [5.74, 6) is 1.52. The summed E-state index contributed by atoms with van der Waals surface area (Å²) in [6, 6.07) is 5.63. The van der Waals surface area contributed by atoms with Crippen molar-refractivity contribution in [1.82, 2.24) is 0 Å². The zero-order chi connectivity index (χ0) is 13.7. The van der Waals surface area contributed by atoms with E-state index in [-0.39, 0.29) is 11.9 Å². The Kier molecular flexibility index (Phi) is 4.80. The minimum Gasteiger partial charge on any atom is -0.493 e. The molecule has 1 aromatic rings. The van der Waals surface area contributed by atoms with Crippen LogP contribution in [0.25, 0.3) is 0 Å². The molecule has 1 aliphatic heterocycles. The van der Waals surface area contributed by atoms with Crippen LogP contribution in [0.15, 0.2) is 18.2 Å². The lowest BCUT2D eigenvalue weighted by Gasteiger charge is -2.24. The molecule has 4 nitrogen and oxygen atoms in total. The average Bonchev–Trinajstić information content (AvgIpc) is 2.41. The Bertz CT molecular complexity index is 436. The standard InChI is InChI=1S/C15H20O4/c1-11(16)8-12-5-6-14(15(9-12)17-2)19-13-4-3-7-18-10-13/h5-6,9,13H,3-4,7-8,10H2,1-2H3. The molecule has 0 amide bonds. The zero-order valence-electron chi connectivity index (χ0n) is 11.5. The van der Waals surface area contributed by atoms with Crippen molar-refractivity contribution in [2.75, 3.05) is 20.3 Å². The molecule has 1 saturated heterocycles. The Morgan fingerprint density at radius 3 is 2.89 bits per heavy atom. The molecule has 0 aromatic heterocycles. The van der Waals surface area contributed by atoms with Gasteiger partial charge in [0, 0.05) is 13.0 Å². The maximum atomic E-state index is 11.1. The Morgan fingerprint density at radius 1 is 1.42 bits per heavy atom. The molecule has 1 atom stereocenters. The summed E-state index contributed by atoms with van der Waals surface area (Å²) >= 11 is 0. The summed E-state index contributed by atoms with van der Waals surface area (Å²) in [6.07, 6.45) is 2.53. The van der Waals surface area contributed by atoms with Crippen molar-refractivity contribution in [1.29, 1.82) is 0 Å². The van der Waals surface area contributed by atoms with Gasteiger partial charge in [0.2, 0.25) is 0 Å². The van der Waals surface area contributed by atoms with Gasteiger partial charge in [-0.3, -0.25) is 4.79 Å². The SMILES string of the molecule is COc1cc(CC(C)=O)ccc1OC1CCCOC1. The summed E-state index contributed by atoms with van der Waals surface area (Å²) in [7, 11) is 1.61. The lowest BCUT2D eigenvalue weighted by molar-refractivity contribution is -0.116. The second-order valence-electron chi connectivity index (χ2n) is 4.82. The average molecular weight is 264 g/mol. The highest BCUT2D eigenvalue weighted by atomic mass is 16.5. The van der Waals surface area contributed by atoms with Crippen LogP contribution in [0, 0.1) is 0 Å². The van der Waals surface area contributed by atoms with E-state index in [9.17, 15) is 4.79 Å². The third kappa shape index (κ3) is 3.96. The van der Waals surface area contributed by atoms with Crippen LogP contribution in [-0.4, -0.2) is 32.2 Å². The minimum atomic E-state index is 0.0845. The Morgan fingerprint density at radius 2 is 2.26 bits per heavy atom. The van der Waals surface area contributed by atoms with Crippen molar-refractivity contribution in [3.05, 3.63) is 23.8 Å². The first-order valence-electron chi connectivity index (χ1n) is 6.60. The number of ether oxygens (including phenoxy) is 3. The van der Waals surface area contributed by atoms with Crippen LogP contribution in [0.5, 0.6) is 11.5 Å². The third-order valence-electron chi connectivity index (χ3n) is 3.09. The van der Waals surface area contributed by atoms with Gasteiger partial charge >= 0.3 is 0 Å². The van der Waals surface area contributed by atoms with E-state index in [2.05, 4.69) is 0 Å². The van der Waals surface area contributed by atoms with Gasteiger partial charge in [-0.2, -0.15) is 0 Å². The highest BCUT2D eigenvalue weighted by molar-refractivity contribution is 5.78. The molecule has 19 heavy (non-hydrogen) atoms. The molecule has 104 valence electrons. The molecule has 0 spiro atoms. The molecule has 0 N–H and O–H groups in total. The Balaban J connectivity index is 2.08. The van der Waals surface area contributed by atoms with Crippen LogP contribution in [0.2, 0.25) is 0 Å². The van der Waals surface area contributed by atoms with Gasteiger partial charge in [-0.1, -0.05) is 6.07 Å². The molecule has 0 bridgehead atoms. The number of hydrogen-bond acceptors (Lipinski definition) is 4. The number of rotatable bonds is 5. The maximum Gasteiger partial charge on any atom is 0.161 e. The number of methoxy groups -OCH3 is 1. The smallest absolute Gasteiger partial charge is 0.161 e. The van der Waals surface area contributed by atoms with Gasteiger partial charge in [0.25, 0.3) is 0 Å². The van der Waals surface area contributed by atoms with E-state index in [1.165, 1.54) is 0 Å². The number of benzene rings is 1. The minimum absolute atomic E-state index is 0.0845. The number of Topliss-reactive ketones (excluding diaryl/α,β-unsaturated/α-hetero) is 1. The van der Waals surface area contributed by atoms with Crippen molar-refractivity contribution in [3.63, 3.8) is 0 Å². The van der Waals surface area contributed by atoms with Crippen LogP contribution in [0.1, 0.15) is 25.3 Å². The topological polar surface area (TPSA) is 44.8 Å². The summed E-state index contributed by atoms with van der Waals surface area (Å²) < 4.78 is 16.6. The van der Waals surface area contributed by atoms with Crippen molar-refractivity contribution in [2.24, 2.45) is 0 Å². The van der Waals surface area contributed by atoms with Crippen LogP contribution >= 0.6 is 0 Å². The van der Waals surface area contributed by atoms with E-state index in [1.54, 1.807) is 14.0 Å². The van der Waals surface area contributed by atoms with E-state index in [1.807, 2.05) is 18.2 Å². The van der Waals surface area contributed by atoms with Crippen LogP contribution in [0.4, 0.5) is 0 Å². The predicted octanol–water partition coefficient (Wildman–Crippen LogP) is 2.38. The van der Waals surface area contributed by atoms with E-state index in [4.69, 9.17) is 14.2 Å². The van der Waals surface area contributed by atoms with Crippen LogP contribution < -0.4 is 9.47 Å². The first-order valence-corrected chi connectivity index (χ1v) is 6.60. The highest BCUT2D eigenvalue weighted by Gasteiger charge is 2.17. The van der Waals surface area contributed by atoms with Gasteiger partial charge in [0.05, 0.1) is 13.7 Å². The first-order chi connectivity index (χ1) is 9.19. The molecule has 1 heterocycles. The van der Waals surface area contributed by atoms with Gasteiger partial charge < -0.3 is 14.2 Å². The van der Waals surface area contributed by atoms with Crippen molar-refractivity contribution < 1.29 is 19.0 Å². The summed E-state index contributed by atoms with van der Waals surface area (Å²) in [5.41, 5.74) is 0.941. The second-order valence-corrected chi connectivity index (χ2v) is 4.82. The highest BCUT2D eigenvalue weighted by Crippen LogP contribution is 2.30. The largest absolute Gasteiger partial charge is 0.493 e. The van der Waals surface area contributed by atoms with Gasteiger partial charge in [-0.25, -0.2) is 0 Å². The molecule has 1 fully saturated rings. The van der Waals surface area contributed by atoms with E-state index >= 15 is 0 Å². The Labute approximate surface area is 113 Å². The zero-order valence-corrected chi connectivity index (χ0v) is 11.5. The van der Waals surface area contributed by atoms with Gasteiger partial charge in [0.15, 0.2) is 11.5 Å². The molecular weight excluding hydrogens is 244 g/mol. The van der Waals surface area contributed by atoms with Crippen molar-refractivity contribution >= 4 is 5.78 Å². The maximum absolute atomic E-state index is 11.1. The molecule has 0 radical (unpaired) electrons. The second kappa shape index (κ2) is 6.57. The molecule has 1 aromatic carbocycles. The summed E-state index contributed by atoms with van der Waals surface area (Å²) in [6.45, 7) is 3.02. The lowest BCUT2D eigenvalue weighted by atomic mass is 10.1. The molecule has 0 aliphatic carbocycles.